The Morgan fingerprint density at radius 3 is 2.61 bits per heavy atom. The van der Waals surface area contributed by atoms with Crippen molar-refractivity contribution in [2.45, 2.75) is 26.7 Å². The van der Waals surface area contributed by atoms with Crippen LogP contribution in [0.25, 0.3) is 5.57 Å². The third-order valence-corrected chi connectivity index (χ3v) is 4.24. The molecule has 0 radical (unpaired) electrons. The number of hydrogen-bond acceptors (Lipinski definition) is 4. The van der Waals surface area contributed by atoms with Crippen molar-refractivity contribution in [3.8, 4) is 6.07 Å². The Bertz CT molecular complexity index is 772. The molecule has 4 heteroatoms. The molecular weight excluding hydrogens is 284 g/mol. The van der Waals surface area contributed by atoms with Crippen LogP contribution in [0.5, 0.6) is 0 Å². The molecule has 0 bridgehead atoms. The van der Waals surface area contributed by atoms with E-state index in [2.05, 4.69) is 51.3 Å². The maximum absolute atomic E-state index is 9.40. The van der Waals surface area contributed by atoms with Gasteiger partial charge in [-0.25, -0.2) is 9.97 Å². The average Bonchev–Trinajstić information content (AvgIpc) is 2.62. The number of aryl methyl sites for hydroxylation is 2. The summed E-state index contributed by atoms with van der Waals surface area (Å²) in [5, 5.41) is 9.40. The first-order valence-electron chi connectivity index (χ1n) is 8.00. The largest absolute Gasteiger partial charge is 0.350 e. The zero-order chi connectivity index (χ0) is 16.2. The van der Waals surface area contributed by atoms with Gasteiger partial charge in [0.1, 0.15) is 6.07 Å². The van der Waals surface area contributed by atoms with Crippen LogP contribution in [0.1, 0.15) is 36.0 Å². The molecule has 23 heavy (non-hydrogen) atoms. The first-order chi connectivity index (χ1) is 11.2. The lowest BCUT2D eigenvalue weighted by Crippen LogP contribution is -2.30. The summed E-state index contributed by atoms with van der Waals surface area (Å²) in [4.78, 5) is 11.3. The van der Waals surface area contributed by atoms with Crippen LogP contribution in [-0.4, -0.2) is 23.1 Å². The van der Waals surface area contributed by atoms with Crippen LogP contribution in [0.4, 0.5) is 5.82 Å². The normalized spacial score (nSPS) is 14.3. The van der Waals surface area contributed by atoms with Gasteiger partial charge >= 0.3 is 0 Å². The van der Waals surface area contributed by atoms with E-state index in [-0.39, 0.29) is 0 Å². The van der Waals surface area contributed by atoms with Gasteiger partial charge in [0, 0.05) is 13.1 Å². The van der Waals surface area contributed by atoms with Gasteiger partial charge in [0.2, 0.25) is 0 Å². The Hall–Kier alpha value is -2.67. The number of aromatic nitrogens is 2. The van der Waals surface area contributed by atoms with Gasteiger partial charge in [-0.1, -0.05) is 43.3 Å². The van der Waals surface area contributed by atoms with Crippen LogP contribution in [0.2, 0.25) is 0 Å². The van der Waals surface area contributed by atoms with Gasteiger partial charge in [0.15, 0.2) is 11.5 Å². The number of hydrogen-bond donors (Lipinski definition) is 0. The molecule has 0 saturated heterocycles. The molecule has 0 amide bonds. The summed E-state index contributed by atoms with van der Waals surface area (Å²) in [5.41, 5.74) is 4.89. The highest BCUT2D eigenvalue weighted by atomic mass is 15.2. The van der Waals surface area contributed by atoms with E-state index in [0.717, 1.165) is 37.3 Å². The summed E-state index contributed by atoms with van der Waals surface area (Å²) in [5.74, 6) is 0.713. The molecule has 1 aromatic heterocycles. The summed E-state index contributed by atoms with van der Waals surface area (Å²) < 4.78 is 0. The summed E-state index contributed by atoms with van der Waals surface area (Å²) in [7, 11) is 0. The molecule has 116 valence electrons. The lowest BCUT2D eigenvalue weighted by atomic mass is 9.99. The highest BCUT2D eigenvalue weighted by Crippen LogP contribution is 2.26. The van der Waals surface area contributed by atoms with E-state index >= 15 is 0 Å². The quantitative estimate of drug-likeness (QED) is 0.870. The first-order valence-corrected chi connectivity index (χ1v) is 8.00. The SMILES string of the molecule is CCc1nc(C#N)c(N2CC=C(c3ccccc3)CC2)nc1C. The van der Waals surface area contributed by atoms with Crippen LogP contribution >= 0.6 is 0 Å². The monoisotopic (exact) mass is 304 g/mol. The topological polar surface area (TPSA) is 52.8 Å². The van der Waals surface area contributed by atoms with Gasteiger partial charge in [-0.15, -0.1) is 0 Å². The smallest absolute Gasteiger partial charge is 0.183 e. The molecule has 2 heterocycles. The Labute approximate surface area is 137 Å². The van der Waals surface area contributed by atoms with Crippen LogP contribution in [0, 0.1) is 18.3 Å². The fourth-order valence-corrected chi connectivity index (χ4v) is 2.95. The first kappa shape index (κ1) is 15.2. The molecule has 0 N–H and O–H groups in total. The van der Waals surface area contributed by atoms with Crippen molar-refractivity contribution >= 4 is 11.4 Å². The number of rotatable bonds is 3. The molecule has 0 saturated carbocycles. The Balaban J connectivity index is 1.87. The molecule has 0 unspecified atom stereocenters. The van der Waals surface area contributed by atoms with Crippen molar-refractivity contribution in [2.75, 3.05) is 18.0 Å². The fourth-order valence-electron chi connectivity index (χ4n) is 2.95. The number of anilines is 1. The summed E-state index contributed by atoms with van der Waals surface area (Å²) in [6, 6.07) is 12.6. The van der Waals surface area contributed by atoms with E-state index in [9.17, 15) is 5.26 Å². The number of benzene rings is 1. The maximum atomic E-state index is 9.40. The van der Waals surface area contributed by atoms with Crippen LogP contribution in [0.15, 0.2) is 36.4 Å². The average molecular weight is 304 g/mol. The second-order valence-electron chi connectivity index (χ2n) is 5.68. The van der Waals surface area contributed by atoms with Crippen molar-refractivity contribution in [3.63, 3.8) is 0 Å². The second-order valence-corrected chi connectivity index (χ2v) is 5.68. The summed E-state index contributed by atoms with van der Waals surface area (Å²) in [6.07, 6.45) is 3.97. The predicted octanol–water partition coefficient (Wildman–Crippen LogP) is 3.51. The molecule has 0 aliphatic carbocycles. The van der Waals surface area contributed by atoms with Crippen LogP contribution in [-0.2, 0) is 6.42 Å². The van der Waals surface area contributed by atoms with Crippen molar-refractivity contribution in [3.05, 3.63) is 59.1 Å². The summed E-state index contributed by atoms with van der Waals surface area (Å²) in [6.45, 7) is 5.62. The zero-order valence-corrected chi connectivity index (χ0v) is 13.6. The van der Waals surface area contributed by atoms with E-state index in [1.54, 1.807) is 0 Å². The van der Waals surface area contributed by atoms with E-state index in [1.807, 2.05) is 19.9 Å². The molecule has 0 atom stereocenters. The molecular formula is C19H20N4. The maximum Gasteiger partial charge on any atom is 0.183 e. The minimum Gasteiger partial charge on any atom is -0.350 e. The van der Waals surface area contributed by atoms with E-state index < -0.39 is 0 Å². The summed E-state index contributed by atoms with van der Waals surface area (Å²) >= 11 is 0. The molecule has 1 aliphatic heterocycles. The zero-order valence-electron chi connectivity index (χ0n) is 13.6. The van der Waals surface area contributed by atoms with Gasteiger partial charge in [0.05, 0.1) is 11.4 Å². The van der Waals surface area contributed by atoms with E-state index in [4.69, 9.17) is 0 Å². The van der Waals surface area contributed by atoms with Crippen molar-refractivity contribution in [2.24, 2.45) is 0 Å². The third-order valence-electron chi connectivity index (χ3n) is 4.24. The standard InChI is InChI=1S/C19H20N4/c1-3-17-14(2)21-19(18(13-20)22-17)23-11-9-16(10-12-23)15-7-5-4-6-8-15/h4-9H,3,10-12H2,1-2H3. The highest BCUT2D eigenvalue weighted by Gasteiger charge is 2.19. The molecule has 0 spiro atoms. The molecule has 4 nitrogen and oxygen atoms in total. The van der Waals surface area contributed by atoms with Crippen molar-refractivity contribution in [1.29, 1.82) is 5.26 Å². The molecule has 2 aromatic rings. The molecule has 3 rings (SSSR count). The van der Waals surface area contributed by atoms with Gasteiger partial charge in [-0.2, -0.15) is 5.26 Å². The lowest BCUT2D eigenvalue weighted by molar-refractivity contribution is 0.798. The fraction of sp³-hybridized carbons (Fsp3) is 0.316. The highest BCUT2D eigenvalue weighted by molar-refractivity contribution is 5.68. The van der Waals surface area contributed by atoms with Crippen molar-refractivity contribution < 1.29 is 0 Å². The van der Waals surface area contributed by atoms with E-state index in [0.29, 0.717) is 11.5 Å². The second kappa shape index (κ2) is 6.62. The molecule has 1 aromatic carbocycles. The Morgan fingerprint density at radius 1 is 1.22 bits per heavy atom. The molecule has 1 aliphatic rings. The molecule has 0 fully saturated rings. The van der Waals surface area contributed by atoms with Gasteiger partial charge < -0.3 is 4.90 Å². The Kier molecular flexibility index (Phi) is 4.38. The number of nitrogens with zero attached hydrogens (tertiary/aromatic N) is 4. The van der Waals surface area contributed by atoms with Crippen LogP contribution in [0.3, 0.4) is 0 Å². The third kappa shape index (κ3) is 3.09. The number of nitriles is 1. The van der Waals surface area contributed by atoms with Gasteiger partial charge in [-0.05, 0) is 30.9 Å². The van der Waals surface area contributed by atoms with Gasteiger partial charge in [0.25, 0.3) is 0 Å². The van der Waals surface area contributed by atoms with E-state index in [1.165, 1.54) is 11.1 Å². The minimum atomic E-state index is 0.434. The van der Waals surface area contributed by atoms with Crippen LogP contribution < -0.4 is 4.90 Å². The Morgan fingerprint density at radius 2 is 2.00 bits per heavy atom. The minimum absolute atomic E-state index is 0.434. The van der Waals surface area contributed by atoms with Crippen molar-refractivity contribution in [1.82, 2.24) is 9.97 Å². The van der Waals surface area contributed by atoms with Gasteiger partial charge in [-0.3, -0.25) is 0 Å². The lowest BCUT2D eigenvalue weighted by Gasteiger charge is -2.28. The predicted molar refractivity (Wildman–Crippen MR) is 92.1 cm³/mol.